The molecule has 4 N–H and O–H groups in total. The van der Waals surface area contributed by atoms with Gasteiger partial charge in [-0.2, -0.15) is 0 Å². The van der Waals surface area contributed by atoms with Crippen LogP contribution in [0.2, 0.25) is 0 Å². The van der Waals surface area contributed by atoms with Crippen molar-refractivity contribution >= 4 is 23.2 Å². The van der Waals surface area contributed by atoms with Gasteiger partial charge in [0.25, 0.3) is 5.91 Å². The predicted octanol–water partition coefficient (Wildman–Crippen LogP) is -0.0469. The molecule has 1 heterocycles. The Hall–Kier alpha value is -2.24. The minimum atomic E-state index is -0.320. The average molecular weight is 262 g/mol. The second-order valence-electron chi connectivity index (χ2n) is 4.52. The molecular formula is C13H18N4O2. The number of amides is 2. The topological polar surface area (TPSA) is 87.5 Å². The number of nitrogens with zero attached hydrogens (tertiary/aromatic N) is 1. The molecule has 0 aromatic heterocycles. The van der Waals surface area contributed by atoms with Crippen LogP contribution in [-0.4, -0.2) is 38.0 Å². The molecule has 0 bridgehead atoms. The van der Waals surface area contributed by atoms with Crippen molar-refractivity contribution in [3.05, 3.63) is 23.8 Å². The first-order chi connectivity index (χ1) is 9.04. The number of rotatable bonds is 2. The van der Waals surface area contributed by atoms with Gasteiger partial charge in [-0.1, -0.05) is 0 Å². The van der Waals surface area contributed by atoms with Crippen LogP contribution in [0.1, 0.15) is 17.3 Å². The first-order valence-corrected chi connectivity index (χ1v) is 6.20. The number of hydrogen-bond acceptors (Lipinski definition) is 4. The Bertz CT molecular complexity index is 515. The van der Waals surface area contributed by atoms with E-state index < -0.39 is 0 Å². The van der Waals surface area contributed by atoms with Gasteiger partial charge in [0.05, 0.1) is 11.3 Å². The molecule has 1 saturated heterocycles. The second kappa shape index (κ2) is 5.17. The van der Waals surface area contributed by atoms with Crippen molar-refractivity contribution in [2.45, 2.75) is 13.0 Å². The van der Waals surface area contributed by atoms with Crippen LogP contribution in [0.15, 0.2) is 18.2 Å². The highest BCUT2D eigenvalue weighted by molar-refractivity contribution is 6.01. The van der Waals surface area contributed by atoms with E-state index >= 15 is 0 Å². The summed E-state index contributed by atoms with van der Waals surface area (Å²) in [5.74, 6) is -0.232. The summed E-state index contributed by atoms with van der Waals surface area (Å²) >= 11 is 0. The van der Waals surface area contributed by atoms with Gasteiger partial charge in [-0.3, -0.25) is 9.59 Å². The fourth-order valence-electron chi connectivity index (χ4n) is 2.22. The Balaban J connectivity index is 2.44. The summed E-state index contributed by atoms with van der Waals surface area (Å²) in [6.07, 6.45) is 0. The second-order valence-corrected chi connectivity index (χ2v) is 4.52. The van der Waals surface area contributed by atoms with E-state index in [4.69, 9.17) is 5.73 Å². The quantitative estimate of drug-likeness (QED) is 0.652. The number of benzene rings is 1. The molecule has 0 spiro atoms. The molecule has 2 rings (SSSR count). The first kappa shape index (κ1) is 13.2. The monoisotopic (exact) mass is 262 g/mol. The Labute approximate surface area is 112 Å². The molecule has 1 aromatic carbocycles. The van der Waals surface area contributed by atoms with Crippen LogP contribution in [-0.2, 0) is 4.79 Å². The third-order valence-corrected chi connectivity index (χ3v) is 3.30. The maximum absolute atomic E-state index is 11.9. The van der Waals surface area contributed by atoms with E-state index in [9.17, 15) is 9.59 Å². The Morgan fingerprint density at radius 2 is 2.26 bits per heavy atom. The minimum absolute atomic E-state index is 0.0449. The van der Waals surface area contributed by atoms with Crippen molar-refractivity contribution in [1.82, 2.24) is 10.6 Å². The molecule has 102 valence electrons. The number of carbonyl (C=O) groups is 2. The molecule has 19 heavy (non-hydrogen) atoms. The van der Waals surface area contributed by atoms with Crippen molar-refractivity contribution in [3.8, 4) is 0 Å². The lowest BCUT2D eigenvalue weighted by atomic mass is 10.1. The number of hydrogen-bond donors (Lipinski definition) is 3. The maximum atomic E-state index is 11.9. The Morgan fingerprint density at radius 3 is 2.95 bits per heavy atom. The van der Waals surface area contributed by atoms with E-state index in [2.05, 4.69) is 10.6 Å². The number of nitrogens with one attached hydrogen (secondary N) is 2. The SMILES string of the molecule is CNC(=O)c1ccc(N)cc1N1CCNC(=O)C1C. The molecule has 1 aliphatic heterocycles. The summed E-state index contributed by atoms with van der Waals surface area (Å²) in [6, 6.07) is 4.78. The van der Waals surface area contributed by atoms with Crippen molar-refractivity contribution in [2.24, 2.45) is 0 Å². The van der Waals surface area contributed by atoms with Gasteiger partial charge in [-0.25, -0.2) is 0 Å². The summed E-state index contributed by atoms with van der Waals surface area (Å²) in [5, 5.41) is 5.40. The van der Waals surface area contributed by atoms with Crippen LogP contribution in [0.5, 0.6) is 0 Å². The van der Waals surface area contributed by atoms with Gasteiger partial charge in [0.1, 0.15) is 6.04 Å². The van der Waals surface area contributed by atoms with Gasteiger partial charge in [0, 0.05) is 25.8 Å². The zero-order valence-corrected chi connectivity index (χ0v) is 11.1. The zero-order valence-electron chi connectivity index (χ0n) is 11.1. The van der Waals surface area contributed by atoms with E-state index in [1.807, 2.05) is 11.8 Å². The van der Waals surface area contributed by atoms with E-state index in [0.29, 0.717) is 30.0 Å². The van der Waals surface area contributed by atoms with E-state index in [0.717, 1.165) is 0 Å². The molecule has 1 aromatic rings. The molecule has 1 unspecified atom stereocenters. The van der Waals surface area contributed by atoms with Crippen molar-refractivity contribution in [3.63, 3.8) is 0 Å². The van der Waals surface area contributed by atoms with E-state index in [-0.39, 0.29) is 17.9 Å². The van der Waals surface area contributed by atoms with Crippen LogP contribution in [0.25, 0.3) is 0 Å². The van der Waals surface area contributed by atoms with Gasteiger partial charge in [0.15, 0.2) is 0 Å². The van der Waals surface area contributed by atoms with Gasteiger partial charge < -0.3 is 21.3 Å². The Kier molecular flexibility index (Phi) is 3.59. The molecule has 6 heteroatoms. The van der Waals surface area contributed by atoms with Crippen LogP contribution in [0, 0.1) is 0 Å². The van der Waals surface area contributed by atoms with Crippen LogP contribution < -0.4 is 21.3 Å². The third kappa shape index (κ3) is 2.47. The molecule has 1 fully saturated rings. The largest absolute Gasteiger partial charge is 0.399 e. The maximum Gasteiger partial charge on any atom is 0.253 e. The summed E-state index contributed by atoms with van der Waals surface area (Å²) < 4.78 is 0. The Morgan fingerprint density at radius 1 is 1.53 bits per heavy atom. The standard InChI is InChI=1S/C13H18N4O2/c1-8-12(18)16-5-6-17(8)11-7-9(14)3-4-10(11)13(19)15-2/h3-4,7-8H,5-6,14H2,1-2H3,(H,15,19)(H,16,18). The lowest BCUT2D eigenvalue weighted by Crippen LogP contribution is -2.54. The third-order valence-electron chi connectivity index (χ3n) is 3.30. The van der Waals surface area contributed by atoms with Gasteiger partial charge in [-0.15, -0.1) is 0 Å². The zero-order chi connectivity index (χ0) is 14.0. The smallest absolute Gasteiger partial charge is 0.253 e. The minimum Gasteiger partial charge on any atom is -0.399 e. The van der Waals surface area contributed by atoms with Gasteiger partial charge >= 0.3 is 0 Å². The van der Waals surface area contributed by atoms with E-state index in [1.165, 1.54) is 0 Å². The van der Waals surface area contributed by atoms with Crippen LogP contribution >= 0.6 is 0 Å². The fraction of sp³-hybridized carbons (Fsp3) is 0.385. The lowest BCUT2D eigenvalue weighted by Gasteiger charge is -2.35. The number of nitrogen functional groups attached to an aromatic ring is 1. The molecule has 1 aliphatic rings. The number of anilines is 2. The molecule has 1 atom stereocenters. The average Bonchev–Trinajstić information content (AvgIpc) is 2.41. The molecule has 0 saturated carbocycles. The fourth-order valence-corrected chi connectivity index (χ4v) is 2.22. The summed E-state index contributed by atoms with van der Waals surface area (Å²) in [7, 11) is 1.58. The molecule has 0 radical (unpaired) electrons. The highest BCUT2D eigenvalue weighted by Crippen LogP contribution is 2.26. The molecule has 6 nitrogen and oxygen atoms in total. The molecule has 0 aliphatic carbocycles. The highest BCUT2D eigenvalue weighted by atomic mass is 16.2. The lowest BCUT2D eigenvalue weighted by molar-refractivity contribution is -0.122. The van der Waals surface area contributed by atoms with Crippen LogP contribution in [0.4, 0.5) is 11.4 Å². The first-order valence-electron chi connectivity index (χ1n) is 6.20. The summed E-state index contributed by atoms with van der Waals surface area (Å²) in [5.41, 5.74) is 7.59. The predicted molar refractivity (Wildman–Crippen MR) is 74.1 cm³/mol. The van der Waals surface area contributed by atoms with Crippen molar-refractivity contribution in [1.29, 1.82) is 0 Å². The van der Waals surface area contributed by atoms with Gasteiger partial charge in [-0.05, 0) is 25.1 Å². The molecular weight excluding hydrogens is 244 g/mol. The van der Waals surface area contributed by atoms with E-state index in [1.54, 1.807) is 25.2 Å². The van der Waals surface area contributed by atoms with Crippen molar-refractivity contribution in [2.75, 3.05) is 30.8 Å². The summed E-state index contributed by atoms with van der Waals surface area (Å²) in [6.45, 7) is 3.02. The summed E-state index contributed by atoms with van der Waals surface area (Å²) in [4.78, 5) is 25.5. The highest BCUT2D eigenvalue weighted by Gasteiger charge is 2.28. The number of piperazine rings is 1. The molecule has 2 amide bonds. The van der Waals surface area contributed by atoms with Crippen molar-refractivity contribution < 1.29 is 9.59 Å². The van der Waals surface area contributed by atoms with Crippen LogP contribution in [0.3, 0.4) is 0 Å². The number of carbonyl (C=O) groups excluding carboxylic acids is 2. The normalized spacial score (nSPS) is 18.9. The van der Waals surface area contributed by atoms with Gasteiger partial charge in [0.2, 0.25) is 5.91 Å². The number of nitrogens with two attached hydrogens (primary N) is 1.